The van der Waals surface area contributed by atoms with E-state index >= 15 is 0 Å². The SMILES string of the molecule is CN1[C@H]2CCC[C@H]1CC(NC(=O)Nc1ccc(N3CCCC3)nc1)C2. The highest BCUT2D eigenvalue weighted by Gasteiger charge is 2.36. The van der Waals surface area contributed by atoms with Crippen LogP contribution in [-0.4, -0.2) is 54.2 Å². The first kappa shape index (κ1) is 16.6. The summed E-state index contributed by atoms with van der Waals surface area (Å²) in [5.74, 6) is 1.01. The fourth-order valence-corrected chi connectivity index (χ4v) is 4.68. The van der Waals surface area contributed by atoms with Crippen LogP contribution in [0, 0.1) is 0 Å². The van der Waals surface area contributed by atoms with Crippen LogP contribution in [0.1, 0.15) is 44.9 Å². The molecule has 4 rings (SSSR count). The summed E-state index contributed by atoms with van der Waals surface area (Å²) in [7, 11) is 2.23. The molecule has 0 unspecified atom stereocenters. The Hall–Kier alpha value is -1.82. The molecule has 2 atom stereocenters. The summed E-state index contributed by atoms with van der Waals surface area (Å²) < 4.78 is 0. The number of rotatable bonds is 3. The normalized spacial score (nSPS) is 29.5. The number of hydrogen-bond donors (Lipinski definition) is 2. The summed E-state index contributed by atoms with van der Waals surface area (Å²) in [6.45, 7) is 2.16. The van der Waals surface area contributed by atoms with Crippen LogP contribution in [0.3, 0.4) is 0 Å². The Morgan fingerprint density at radius 1 is 1.12 bits per heavy atom. The van der Waals surface area contributed by atoms with Gasteiger partial charge in [0.2, 0.25) is 0 Å². The molecule has 2 amide bonds. The van der Waals surface area contributed by atoms with Crippen LogP contribution >= 0.6 is 0 Å². The van der Waals surface area contributed by atoms with E-state index in [1.807, 2.05) is 12.1 Å². The van der Waals surface area contributed by atoms with Crippen molar-refractivity contribution in [2.24, 2.45) is 0 Å². The lowest BCUT2D eigenvalue weighted by atomic mass is 9.82. The Bertz CT molecular complexity index is 584. The number of urea groups is 1. The molecular weight excluding hydrogens is 314 g/mol. The van der Waals surface area contributed by atoms with Crippen molar-refractivity contribution in [1.29, 1.82) is 0 Å². The van der Waals surface area contributed by atoms with Crippen molar-refractivity contribution in [1.82, 2.24) is 15.2 Å². The third-order valence-electron chi connectivity index (χ3n) is 6.11. The molecule has 136 valence electrons. The highest BCUT2D eigenvalue weighted by Crippen LogP contribution is 2.32. The lowest BCUT2D eigenvalue weighted by Gasteiger charge is -2.47. The van der Waals surface area contributed by atoms with Crippen molar-refractivity contribution < 1.29 is 4.79 Å². The van der Waals surface area contributed by atoms with Crippen LogP contribution in [0.15, 0.2) is 18.3 Å². The summed E-state index contributed by atoms with van der Waals surface area (Å²) >= 11 is 0. The third kappa shape index (κ3) is 3.73. The second kappa shape index (κ2) is 7.20. The van der Waals surface area contributed by atoms with Crippen molar-refractivity contribution in [3.8, 4) is 0 Å². The number of pyridine rings is 1. The lowest BCUT2D eigenvalue weighted by Crippen LogP contribution is -2.55. The van der Waals surface area contributed by atoms with E-state index in [9.17, 15) is 4.79 Å². The number of nitrogens with one attached hydrogen (secondary N) is 2. The van der Waals surface area contributed by atoms with Gasteiger partial charge in [-0.2, -0.15) is 0 Å². The summed E-state index contributed by atoms with van der Waals surface area (Å²) in [5, 5.41) is 6.11. The van der Waals surface area contributed by atoms with Gasteiger partial charge >= 0.3 is 6.03 Å². The number of carbonyl (C=O) groups is 1. The number of carbonyl (C=O) groups excluding carboxylic acids is 1. The average molecular weight is 343 g/mol. The summed E-state index contributed by atoms with van der Waals surface area (Å²) in [4.78, 5) is 21.7. The van der Waals surface area contributed by atoms with Crippen LogP contribution in [0.5, 0.6) is 0 Å². The molecule has 2 bridgehead atoms. The number of piperidine rings is 2. The summed E-state index contributed by atoms with van der Waals surface area (Å²) in [6, 6.07) is 5.37. The van der Waals surface area contributed by atoms with E-state index in [1.54, 1.807) is 6.20 Å². The highest BCUT2D eigenvalue weighted by atomic mass is 16.2. The summed E-state index contributed by atoms with van der Waals surface area (Å²) in [6.07, 6.45) is 10.2. The monoisotopic (exact) mass is 343 g/mol. The van der Waals surface area contributed by atoms with Gasteiger partial charge in [-0.15, -0.1) is 0 Å². The van der Waals surface area contributed by atoms with Gasteiger partial charge in [0.1, 0.15) is 5.82 Å². The molecular formula is C19H29N5O. The molecule has 1 aromatic rings. The van der Waals surface area contributed by atoms with Gasteiger partial charge in [-0.25, -0.2) is 9.78 Å². The minimum Gasteiger partial charge on any atom is -0.357 e. The Morgan fingerprint density at radius 3 is 2.48 bits per heavy atom. The van der Waals surface area contributed by atoms with E-state index in [0.717, 1.165) is 37.4 Å². The van der Waals surface area contributed by atoms with Crippen molar-refractivity contribution in [2.45, 2.75) is 63.1 Å². The Balaban J connectivity index is 1.30. The van der Waals surface area contributed by atoms with Gasteiger partial charge in [-0.05, 0) is 57.7 Å². The average Bonchev–Trinajstić information content (AvgIpc) is 3.11. The largest absolute Gasteiger partial charge is 0.357 e. The summed E-state index contributed by atoms with van der Waals surface area (Å²) in [5.41, 5.74) is 0.758. The van der Waals surface area contributed by atoms with Crippen molar-refractivity contribution in [3.05, 3.63) is 18.3 Å². The number of fused-ring (bicyclic) bond motifs is 2. The number of anilines is 2. The zero-order chi connectivity index (χ0) is 17.2. The predicted octanol–water partition coefficient (Wildman–Crippen LogP) is 2.82. The molecule has 0 aromatic carbocycles. The molecule has 1 aromatic heterocycles. The van der Waals surface area contributed by atoms with Gasteiger partial charge in [0.05, 0.1) is 11.9 Å². The molecule has 0 saturated carbocycles. The molecule has 2 N–H and O–H groups in total. The maximum atomic E-state index is 12.3. The number of amides is 2. The third-order valence-corrected chi connectivity index (χ3v) is 6.11. The van der Waals surface area contributed by atoms with Crippen LogP contribution in [0.2, 0.25) is 0 Å². The van der Waals surface area contributed by atoms with E-state index in [1.165, 1.54) is 32.1 Å². The molecule has 3 saturated heterocycles. The lowest BCUT2D eigenvalue weighted by molar-refractivity contribution is 0.0513. The quantitative estimate of drug-likeness (QED) is 0.886. The molecule has 0 spiro atoms. The number of aromatic nitrogens is 1. The second-order valence-electron chi connectivity index (χ2n) is 7.77. The van der Waals surface area contributed by atoms with Crippen LogP contribution in [0.4, 0.5) is 16.3 Å². The minimum atomic E-state index is -0.108. The Morgan fingerprint density at radius 2 is 1.84 bits per heavy atom. The van der Waals surface area contributed by atoms with Crippen molar-refractivity contribution in [3.63, 3.8) is 0 Å². The van der Waals surface area contributed by atoms with E-state index in [-0.39, 0.29) is 12.1 Å². The topological polar surface area (TPSA) is 60.5 Å². The zero-order valence-corrected chi connectivity index (χ0v) is 15.1. The van der Waals surface area contributed by atoms with Gasteiger partial charge in [-0.3, -0.25) is 0 Å². The van der Waals surface area contributed by atoms with Crippen molar-refractivity contribution >= 4 is 17.5 Å². The van der Waals surface area contributed by atoms with Gasteiger partial charge in [0.25, 0.3) is 0 Å². The second-order valence-corrected chi connectivity index (χ2v) is 7.77. The highest BCUT2D eigenvalue weighted by molar-refractivity contribution is 5.89. The number of hydrogen-bond acceptors (Lipinski definition) is 4. The molecule has 0 radical (unpaired) electrons. The molecule has 3 aliphatic heterocycles. The first-order chi connectivity index (χ1) is 12.2. The van der Waals surface area contributed by atoms with Crippen LogP contribution in [0.25, 0.3) is 0 Å². The van der Waals surface area contributed by atoms with Crippen LogP contribution in [-0.2, 0) is 0 Å². The smallest absolute Gasteiger partial charge is 0.319 e. The van der Waals surface area contributed by atoms with Gasteiger partial charge in [-0.1, -0.05) is 6.42 Å². The molecule has 6 nitrogen and oxygen atoms in total. The fraction of sp³-hybridized carbons (Fsp3) is 0.684. The molecule has 4 heterocycles. The van der Waals surface area contributed by atoms with E-state index < -0.39 is 0 Å². The van der Waals surface area contributed by atoms with Crippen molar-refractivity contribution in [2.75, 3.05) is 30.4 Å². The molecule has 25 heavy (non-hydrogen) atoms. The fourth-order valence-electron chi connectivity index (χ4n) is 4.68. The van der Waals surface area contributed by atoms with Crippen LogP contribution < -0.4 is 15.5 Å². The van der Waals surface area contributed by atoms with E-state index in [0.29, 0.717) is 12.1 Å². The maximum absolute atomic E-state index is 12.3. The molecule has 3 aliphatic rings. The standard InChI is InChI=1S/C19H29N5O/c1-23-16-5-4-6-17(23)12-15(11-16)22-19(25)21-14-7-8-18(20-13-14)24-9-2-3-10-24/h7-8,13,15-17H,2-6,9-12H2,1H3,(H2,21,22,25)/t16-,17-/m0/s1. The Labute approximate surface area is 150 Å². The maximum Gasteiger partial charge on any atom is 0.319 e. The van der Waals surface area contributed by atoms with E-state index in [2.05, 4.69) is 32.5 Å². The molecule has 0 aliphatic carbocycles. The molecule has 3 fully saturated rings. The van der Waals surface area contributed by atoms with Gasteiger partial charge in [0.15, 0.2) is 0 Å². The van der Waals surface area contributed by atoms with Gasteiger partial charge < -0.3 is 20.4 Å². The first-order valence-electron chi connectivity index (χ1n) is 9.69. The van der Waals surface area contributed by atoms with E-state index in [4.69, 9.17) is 0 Å². The predicted molar refractivity (Wildman–Crippen MR) is 100 cm³/mol. The first-order valence-corrected chi connectivity index (χ1v) is 9.69. The minimum absolute atomic E-state index is 0.108. The van der Waals surface area contributed by atoms with Gasteiger partial charge in [0, 0.05) is 31.2 Å². The Kier molecular flexibility index (Phi) is 4.79. The number of nitrogens with zero attached hydrogens (tertiary/aromatic N) is 3. The zero-order valence-electron chi connectivity index (χ0n) is 15.1. The molecule has 6 heteroatoms.